The summed E-state index contributed by atoms with van der Waals surface area (Å²) in [5.74, 6) is -0.222. The van der Waals surface area contributed by atoms with Gasteiger partial charge < -0.3 is 10.6 Å². The van der Waals surface area contributed by atoms with Gasteiger partial charge in [0.1, 0.15) is 6.04 Å². The molecule has 0 spiro atoms. The Morgan fingerprint density at radius 1 is 1.35 bits per heavy atom. The fourth-order valence-corrected chi connectivity index (χ4v) is 4.27. The summed E-state index contributed by atoms with van der Waals surface area (Å²) in [5, 5.41) is 5.87. The van der Waals surface area contributed by atoms with Crippen molar-refractivity contribution >= 4 is 15.9 Å². The van der Waals surface area contributed by atoms with Crippen LogP contribution in [0.5, 0.6) is 0 Å². The van der Waals surface area contributed by atoms with Crippen LogP contribution >= 0.6 is 0 Å². The van der Waals surface area contributed by atoms with Gasteiger partial charge in [-0.1, -0.05) is 17.7 Å². The van der Waals surface area contributed by atoms with E-state index >= 15 is 0 Å². The van der Waals surface area contributed by atoms with Gasteiger partial charge >= 0.3 is 0 Å². The second kappa shape index (κ2) is 7.42. The van der Waals surface area contributed by atoms with Crippen LogP contribution in [0, 0.1) is 6.92 Å². The van der Waals surface area contributed by atoms with Crippen LogP contribution in [0.2, 0.25) is 0 Å². The van der Waals surface area contributed by atoms with E-state index in [0.717, 1.165) is 5.56 Å². The molecule has 1 amide bonds. The quantitative estimate of drug-likeness (QED) is 0.806. The molecule has 0 saturated carbocycles. The molecule has 2 rings (SSSR count). The maximum absolute atomic E-state index is 12.8. The van der Waals surface area contributed by atoms with Crippen molar-refractivity contribution in [2.45, 2.75) is 43.7 Å². The van der Waals surface area contributed by atoms with Crippen molar-refractivity contribution in [3.8, 4) is 0 Å². The van der Waals surface area contributed by atoms with Crippen molar-refractivity contribution in [2.24, 2.45) is 0 Å². The van der Waals surface area contributed by atoms with Crippen LogP contribution in [0.3, 0.4) is 0 Å². The van der Waals surface area contributed by atoms with Gasteiger partial charge in [0.25, 0.3) is 0 Å². The van der Waals surface area contributed by atoms with Gasteiger partial charge in [-0.25, -0.2) is 8.42 Å². The summed E-state index contributed by atoms with van der Waals surface area (Å²) < 4.78 is 26.9. The van der Waals surface area contributed by atoms with Gasteiger partial charge in [-0.15, -0.1) is 0 Å². The van der Waals surface area contributed by atoms with Crippen molar-refractivity contribution < 1.29 is 13.2 Å². The van der Waals surface area contributed by atoms with Gasteiger partial charge in [0, 0.05) is 19.1 Å². The zero-order valence-electron chi connectivity index (χ0n) is 13.9. The largest absolute Gasteiger partial charge is 0.353 e. The number of aryl methyl sites for hydroxylation is 1. The summed E-state index contributed by atoms with van der Waals surface area (Å²) in [5.41, 5.74) is 1.00. The molecule has 1 aromatic carbocycles. The summed E-state index contributed by atoms with van der Waals surface area (Å²) >= 11 is 0. The van der Waals surface area contributed by atoms with Gasteiger partial charge in [0.05, 0.1) is 4.90 Å². The van der Waals surface area contributed by atoms with Crippen LogP contribution in [0.4, 0.5) is 0 Å². The van der Waals surface area contributed by atoms with Crippen molar-refractivity contribution in [3.63, 3.8) is 0 Å². The number of hydrogen-bond donors (Lipinski definition) is 2. The van der Waals surface area contributed by atoms with Crippen molar-refractivity contribution in [2.75, 3.05) is 20.1 Å². The monoisotopic (exact) mass is 339 g/mol. The zero-order chi connectivity index (χ0) is 17.0. The molecule has 1 fully saturated rings. The van der Waals surface area contributed by atoms with Crippen LogP contribution in [0.25, 0.3) is 0 Å². The molecule has 1 saturated heterocycles. The fraction of sp³-hybridized carbons (Fsp3) is 0.562. The maximum Gasteiger partial charge on any atom is 0.243 e. The topological polar surface area (TPSA) is 78.5 Å². The Morgan fingerprint density at radius 3 is 2.61 bits per heavy atom. The Bertz CT molecular complexity index is 643. The molecule has 2 atom stereocenters. The molecule has 0 bridgehead atoms. The smallest absolute Gasteiger partial charge is 0.243 e. The Morgan fingerprint density at radius 2 is 2.00 bits per heavy atom. The van der Waals surface area contributed by atoms with Gasteiger partial charge in [-0.05, 0) is 45.9 Å². The number of nitrogens with one attached hydrogen (secondary N) is 2. The highest BCUT2D eigenvalue weighted by molar-refractivity contribution is 7.89. The number of likely N-dealkylation sites (N-methyl/N-ethyl adjacent to an activating group) is 1. The van der Waals surface area contributed by atoms with E-state index in [1.807, 2.05) is 20.9 Å². The summed E-state index contributed by atoms with van der Waals surface area (Å²) in [6.07, 6.45) is 1.26. The summed E-state index contributed by atoms with van der Waals surface area (Å²) in [4.78, 5) is 12.6. The number of hydrogen-bond acceptors (Lipinski definition) is 4. The first-order valence-corrected chi connectivity index (χ1v) is 9.33. The van der Waals surface area contributed by atoms with Crippen LogP contribution in [-0.4, -0.2) is 50.9 Å². The molecule has 0 aliphatic carbocycles. The molecular weight excluding hydrogens is 314 g/mol. The van der Waals surface area contributed by atoms with Gasteiger partial charge in [-0.3, -0.25) is 4.79 Å². The first-order chi connectivity index (χ1) is 10.9. The second-order valence-electron chi connectivity index (χ2n) is 6.02. The average Bonchev–Trinajstić information content (AvgIpc) is 3.03. The number of nitrogens with zero attached hydrogens (tertiary/aromatic N) is 1. The summed E-state index contributed by atoms with van der Waals surface area (Å²) in [6.45, 7) is 4.72. The molecule has 6 nitrogen and oxygen atoms in total. The average molecular weight is 339 g/mol. The molecule has 7 heteroatoms. The second-order valence-corrected chi connectivity index (χ2v) is 7.91. The predicted octanol–water partition coefficient (Wildman–Crippen LogP) is 0.872. The van der Waals surface area contributed by atoms with E-state index in [1.54, 1.807) is 24.3 Å². The first kappa shape index (κ1) is 17.9. The van der Waals surface area contributed by atoms with E-state index in [9.17, 15) is 13.2 Å². The molecule has 23 heavy (non-hydrogen) atoms. The van der Waals surface area contributed by atoms with E-state index in [-0.39, 0.29) is 16.8 Å². The molecule has 2 N–H and O–H groups in total. The van der Waals surface area contributed by atoms with Crippen LogP contribution in [0.15, 0.2) is 29.2 Å². The van der Waals surface area contributed by atoms with Crippen molar-refractivity contribution in [1.29, 1.82) is 0 Å². The molecule has 128 valence electrons. The van der Waals surface area contributed by atoms with E-state index in [1.165, 1.54) is 4.31 Å². The Labute approximate surface area is 138 Å². The Hall–Kier alpha value is -1.44. The third-order valence-corrected chi connectivity index (χ3v) is 6.13. The molecule has 0 radical (unpaired) electrons. The molecule has 0 aromatic heterocycles. The number of rotatable bonds is 6. The maximum atomic E-state index is 12.8. The SMILES string of the molecule is CNC(C)CNC(=O)C1CCCN1S(=O)(=O)c1ccc(C)cc1. The normalized spacial score (nSPS) is 20.4. The number of carbonyl (C=O) groups is 1. The predicted molar refractivity (Wildman–Crippen MR) is 89.6 cm³/mol. The highest BCUT2D eigenvalue weighted by Gasteiger charge is 2.39. The van der Waals surface area contributed by atoms with E-state index in [0.29, 0.717) is 25.9 Å². The van der Waals surface area contributed by atoms with Gasteiger partial charge in [-0.2, -0.15) is 4.31 Å². The van der Waals surface area contributed by atoms with Crippen LogP contribution in [0.1, 0.15) is 25.3 Å². The summed E-state index contributed by atoms with van der Waals surface area (Å²) in [6, 6.07) is 6.26. The van der Waals surface area contributed by atoms with Crippen LogP contribution in [-0.2, 0) is 14.8 Å². The molecule has 1 aromatic rings. The first-order valence-electron chi connectivity index (χ1n) is 7.89. The molecule has 2 unspecified atom stereocenters. The standard InChI is InChI=1S/C16H25N3O3S/c1-12-6-8-14(9-7-12)23(21,22)19-10-4-5-15(19)16(20)18-11-13(2)17-3/h6-9,13,15,17H,4-5,10-11H2,1-3H3,(H,18,20). The Kier molecular flexibility index (Phi) is 5.78. The number of sulfonamides is 1. The lowest BCUT2D eigenvalue weighted by molar-refractivity contribution is -0.124. The minimum absolute atomic E-state index is 0.141. The van der Waals surface area contributed by atoms with Crippen LogP contribution < -0.4 is 10.6 Å². The minimum Gasteiger partial charge on any atom is -0.353 e. The lowest BCUT2D eigenvalue weighted by Gasteiger charge is -2.24. The number of carbonyl (C=O) groups excluding carboxylic acids is 1. The van der Waals surface area contributed by atoms with E-state index in [2.05, 4.69) is 10.6 Å². The van der Waals surface area contributed by atoms with E-state index < -0.39 is 16.1 Å². The number of benzene rings is 1. The third kappa shape index (κ3) is 4.10. The van der Waals surface area contributed by atoms with E-state index in [4.69, 9.17) is 0 Å². The van der Waals surface area contributed by atoms with Crippen molar-refractivity contribution in [3.05, 3.63) is 29.8 Å². The van der Waals surface area contributed by atoms with Gasteiger partial charge in [0.15, 0.2) is 0 Å². The summed E-state index contributed by atoms with van der Waals surface area (Å²) in [7, 11) is -1.82. The minimum atomic E-state index is -3.64. The molecule has 1 aliphatic heterocycles. The molecule has 1 aliphatic rings. The highest BCUT2D eigenvalue weighted by Crippen LogP contribution is 2.26. The fourth-order valence-electron chi connectivity index (χ4n) is 2.61. The molecular formula is C16H25N3O3S. The lowest BCUT2D eigenvalue weighted by atomic mass is 10.2. The van der Waals surface area contributed by atoms with Crippen molar-refractivity contribution in [1.82, 2.24) is 14.9 Å². The molecule has 1 heterocycles. The van der Waals surface area contributed by atoms with Gasteiger partial charge in [0.2, 0.25) is 15.9 Å². The third-order valence-electron chi connectivity index (χ3n) is 4.21. The Balaban J connectivity index is 2.14. The highest BCUT2D eigenvalue weighted by atomic mass is 32.2. The lowest BCUT2D eigenvalue weighted by Crippen LogP contribution is -2.48. The number of amides is 1. The zero-order valence-corrected chi connectivity index (χ0v) is 14.7.